The molecule has 0 aromatic rings. The molecule has 1 heterocycles. The van der Waals surface area contributed by atoms with Crippen molar-refractivity contribution in [2.24, 2.45) is 11.3 Å². The number of hydrogen-bond acceptors (Lipinski definition) is 1. The van der Waals surface area contributed by atoms with E-state index in [9.17, 15) is 0 Å². The van der Waals surface area contributed by atoms with Gasteiger partial charge in [0, 0.05) is 6.04 Å². The lowest BCUT2D eigenvalue weighted by atomic mass is 9.73. The van der Waals surface area contributed by atoms with E-state index < -0.39 is 0 Å². The van der Waals surface area contributed by atoms with Gasteiger partial charge in [0.15, 0.2) is 0 Å². The molecule has 0 spiro atoms. The molecule has 1 aliphatic heterocycles. The fraction of sp³-hybridized carbons (Fsp3) is 1.00. The summed E-state index contributed by atoms with van der Waals surface area (Å²) in [5, 5.41) is 3.76. The largest absolute Gasteiger partial charge is 0.313 e. The minimum atomic E-state index is 0.774. The number of nitrogens with one attached hydrogen (secondary N) is 1. The summed E-state index contributed by atoms with van der Waals surface area (Å²) in [4.78, 5) is 0. The van der Waals surface area contributed by atoms with Crippen molar-refractivity contribution in [3.05, 3.63) is 0 Å². The van der Waals surface area contributed by atoms with E-state index in [1.54, 1.807) is 0 Å². The van der Waals surface area contributed by atoms with Crippen LogP contribution in [0.1, 0.15) is 51.4 Å². The van der Waals surface area contributed by atoms with E-state index in [0.717, 1.165) is 17.4 Å². The maximum atomic E-state index is 3.76. The van der Waals surface area contributed by atoms with Gasteiger partial charge in [0.25, 0.3) is 0 Å². The smallest absolute Gasteiger partial charge is 0.0127 e. The molecule has 0 radical (unpaired) electrons. The first kappa shape index (κ1) is 8.28. The van der Waals surface area contributed by atoms with Gasteiger partial charge in [-0.2, -0.15) is 0 Å². The van der Waals surface area contributed by atoms with Gasteiger partial charge in [-0.15, -0.1) is 0 Å². The molecular weight excluding hydrogens is 158 g/mol. The third-order valence-corrected chi connectivity index (χ3v) is 4.68. The molecule has 0 aromatic carbocycles. The average Bonchev–Trinajstić information content (AvgIpc) is 2.73. The van der Waals surface area contributed by atoms with Crippen LogP contribution in [0.15, 0.2) is 0 Å². The van der Waals surface area contributed by atoms with Crippen molar-refractivity contribution in [1.82, 2.24) is 5.32 Å². The normalized spacial score (nSPS) is 38.3. The molecular formula is C12H21N. The van der Waals surface area contributed by atoms with Gasteiger partial charge in [0.1, 0.15) is 0 Å². The van der Waals surface area contributed by atoms with Crippen LogP contribution in [0, 0.1) is 11.3 Å². The van der Waals surface area contributed by atoms with Crippen LogP contribution in [0.3, 0.4) is 0 Å². The predicted octanol–water partition coefficient (Wildman–Crippen LogP) is 2.71. The lowest BCUT2D eigenvalue weighted by molar-refractivity contribution is 0.174. The molecule has 13 heavy (non-hydrogen) atoms. The van der Waals surface area contributed by atoms with Crippen LogP contribution in [0.5, 0.6) is 0 Å². The van der Waals surface area contributed by atoms with Gasteiger partial charge in [-0.1, -0.05) is 12.8 Å². The SMILES string of the molecule is C1CNC(C2(C3CC3)CCCC2)C1. The summed E-state index contributed by atoms with van der Waals surface area (Å²) < 4.78 is 0. The molecule has 3 aliphatic rings. The molecule has 3 rings (SSSR count). The van der Waals surface area contributed by atoms with Crippen LogP contribution in [0.2, 0.25) is 0 Å². The van der Waals surface area contributed by atoms with Gasteiger partial charge >= 0.3 is 0 Å². The minimum Gasteiger partial charge on any atom is -0.313 e. The lowest BCUT2D eigenvalue weighted by Gasteiger charge is -2.36. The average molecular weight is 179 g/mol. The van der Waals surface area contributed by atoms with E-state index >= 15 is 0 Å². The second-order valence-corrected chi connectivity index (χ2v) is 5.36. The highest BCUT2D eigenvalue weighted by molar-refractivity contribution is 5.04. The Balaban J connectivity index is 1.80. The Hall–Kier alpha value is -0.0400. The van der Waals surface area contributed by atoms with Crippen molar-refractivity contribution in [2.75, 3.05) is 6.54 Å². The monoisotopic (exact) mass is 179 g/mol. The Morgan fingerprint density at radius 3 is 2.23 bits per heavy atom. The highest BCUT2D eigenvalue weighted by Crippen LogP contribution is 2.57. The molecule has 1 unspecified atom stereocenters. The van der Waals surface area contributed by atoms with Crippen molar-refractivity contribution in [3.8, 4) is 0 Å². The van der Waals surface area contributed by atoms with Gasteiger partial charge in [-0.05, 0) is 56.4 Å². The van der Waals surface area contributed by atoms with E-state index in [2.05, 4.69) is 5.32 Å². The molecule has 1 heteroatoms. The maximum absolute atomic E-state index is 3.76. The van der Waals surface area contributed by atoms with E-state index in [-0.39, 0.29) is 0 Å². The zero-order chi connectivity index (χ0) is 8.73. The fourth-order valence-corrected chi connectivity index (χ4v) is 3.91. The highest BCUT2D eigenvalue weighted by Gasteiger charge is 2.51. The zero-order valence-corrected chi connectivity index (χ0v) is 8.52. The van der Waals surface area contributed by atoms with Crippen LogP contribution < -0.4 is 5.32 Å². The van der Waals surface area contributed by atoms with Crippen molar-refractivity contribution in [3.63, 3.8) is 0 Å². The summed E-state index contributed by atoms with van der Waals surface area (Å²) in [5.41, 5.74) is 0.774. The summed E-state index contributed by atoms with van der Waals surface area (Å²) in [5.74, 6) is 1.12. The fourth-order valence-electron chi connectivity index (χ4n) is 3.91. The summed E-state index contributed by atoms with van der Waals surface area (Å²) in [6.07, 6.45) is 12.1. The summed E-state index contributed by atoms with van der Waals surface area (Å²) in [7, 11) is 0. The number of hydrogen-bond donors (Lipinski definition) is 1. The van der Waals surface area contributed by atoms with Gasteiger partial charge in [0.2, 0.25) is 0 Å². The van der Waals surface area contributed by atoms with Gasteiger partial charge in [-0.3, -0.25) is 0 Å². The first-order chi connectivity index (χ1) is 6.42. The van der Waals surface area contributed by atoms with E-state index in [1.807, 2.05) is 0 Å². The Morgan fingerprint density at radius 2 is 1.69 bits per heavy atom. The minimum absolute atomic E-state index is 0.774. The van der Waals surface area contributed by atoms with Gasteiger partial charge < -0.3 is 5.32 Å². The number of rotatable bonds is 2. The molecule has 1 nitrogen and oxygen atoms in total. The van der Waals surface area contributed by atoms with Gasteiger partial charge in [-0.25, -0.2) is 0 Å². The molecule has 2 aliphatic carbocycles. The van der Waals surface area contributed by atoms with Crippen molar-refractivity contribution < 1.29 is 0 Å². The molecule has 1 saturated heterocycles. The molecule has 1 N–H and O–H groups in total. The van der Waals surface area contributed by atoms with Crippen LogP contribution in [0.25, 0.3) is 0 Å². The van der Waals surface area contributed by atoms with Crippen LogP contribution in [-0.2, 0) is 0 Å². The predicted molar refractivity (Wildman–Crippen MR) is 54.6 cm³/mol. The summed E-state index contributed by atoms with van der Waals surface area (Å²) >= 11 is 0. The second kappa shape index (κ2) is 2.98. The van der Waals surface area contributed by atoms with Crippen LogP contribution >= 0.6 is 0 Å². The first-order valence-corrected chi connectivity index (χ1v) is 6.15. The van der Waals surface area contributed by atoms with Gasteiger partial charge in [0.05, 0.1) is 0 Å². The lowest BCUT2D eigenvalue weighted by Crippen LogP contribution is -2.41. The Kier molecular flexibility index (Phi) is 1.90. The molecule has 2 saturated carbocycles. The molecule has 0 amide bonds. The Bertz CT molecular complexity index is 183. The van der Waals surface area contributed by atoms with Crippen molar-refractivity contribution in [2.45, 2.75) is 57.4 Å². The topological polar surface area (TPSA) is 12.0 Å². The third-order valence-electron chi connectivity index (χ3n) is 4.68. The second-order valence-electron chi connectivity index (χ2n) is 5.36. The van der Waals surface area contributed by atoms with E-state index in [4.69, 9.17) is 0 Å². The molecule has 1 atom stereocenters. The van der Waals surface area contributed by atoms with Crippen LogP contribution in [-0.4, -0.2) is 12.6 Å². The highest BCUT2D eigenvalue weighted by atomic mass is 15.0. The first-order valence-electron chi connectivity index (χ1n) is 6.15. The standard InChI is InChI=1S/C12H21N/c1-2-8-12(7-1,10-5-6-10)11-4-3-9-13-11/h10-11,13H,1-9H2. The molecule has 3 fully saturated rings. The molecule has 0 aromatic heterocycles. The summed E-state index contributed by atoms with van der Waals surface area (Å²) in [6.45, 7) is 1.29. The maximum Gasteiger partial charge on any atom is 0.0127 e. The molecule has 74 valence electrons. The zero-order valence-electron chi connectivity index (χ0n) is 8.52. The van der Waals surface area contributed by atoms with E-state index in [0.29, 0.717) is 0 Å². The molecule has 0 bridgehead atoms. The third kappa shape index (κ3) is 1.24. The quantitative estimate of drug-likeness (QED) is 0.687. The van der Waals surface area contributed by atoms with Crippen molar-refractivity contribution in [1.29, 1.82) is 0 Å². The van der Waals surface area contributed by atoms with Crippen molar-refractivity contribution >= 4 is 0 Å². The summed E-state index contributed by atoms with van der Waals surface area (Å²) in [6, 6.07) is 0.905. The van der Waals surface area contributed by atoms with Crippen LogP contribution in [0.4, 0.5) is 0 Å². The Labute approximate surface area is 81.3 Å². The van der Waals surface area contributed by atoms with E-state index in [1.165, 1.54) is 57.9 Å². The Morgan fingerprint density at radius 1 is 0.923 bits per heavy atom.